The zero-order chi connectivity index (χ0) is 19.1. The van der Waals surface area contributed by atoms with Gasteiger partial charge >= 0.3 is 0 Å². The Kier molecular flexibility index (Phi) is 7.21. The van der Waals surface area contributed by atoms with Gasteiger partial charge in [0.25, 0.3) is 5.91 Å². The van der Waals surface area contributed by atoms with Crippen LogP contribution >= 0.6 is 15.9 Å². The molecule has 5 nitrogen and oxygen atoms in total. The third-order valence-corrected chi connectivity index (χ3v) is 4.41. The lowest BCUT2D eigenvalue weighted by atomic mass is 10.1. The highest BCUT2D eigenvalue weighted by atomic mass is 79.9. The van der Waals surface area contributed by atoms with E-state index < -0.39 is 0 Å². The minimum atomic E-state index is -0.261. The lowest BCUT2D eigenvalue weighted by Gasteiger charge is -2.16. The van der Waals surface area contributed by atoms with Crippen LogP contribution in [0.3, 0.4) is 0 Å². The summed E-state index contributed by atoms with van der Waals surface area (Å²) in [7, 11) is 0. The molecule has 0 bridgehead atoms. The van der Waals surface area contributed by atoms with E-state index in [0.29, 0.717) is 28.1 Å². The summed E-state index contributed by atoms with van der Waals surface area (Å²) < 4.78 is 11.7. The number of benzene rings is 2. The van der Waals surface area contributed by atoms with Crippen molar-refractivity contribution in [3.63, 3.8) is 0 Å². The Balaban J connectivity index is 2.14. The highest BCUT2D eigenvalue weighted by Gasteiger charge is 2.15. The Hall–Kier alpha value is -2.34. The van der Waals surface area contributed by atoms with Gasteiger partial charge in [-0.2, -0.15) is 0 Å². The van der Waals surface area contributed by atoms with Crippen LogP contribution in [0.5, 0.6) is 11.5 Å². The fourth-order valence-corrected chi connectivity index (χ4v) is 3.15. The van der Waals surface area contributed by atoms with Crippen molar-refractivity contribution in [2.75, 3.05) is 18.5 Å². The van der Waals surface area contributed by atoms with Crippen molar-refractivity contribution in [1.82, 2.24) is 0 Å². The maximum Gasteiger partial charge on any atom is 0.262 e. The van der Waals surface area contributed by atoms with Crippen LogP contribution in [-0.2, 0) is 11.2 Å². The van der Waals surface area contributed by atoms with E-state index in [-0.39, 0.29) is 12.5 Å². The second-order valence-electron chi connectivity index (χ2n) is 5.68. The monoisotopic (exact) mass is 419 g/mol. The van der Waals surface area contributed by atoms with E-state index in [2.05, 4.69) is 21.2 Å². The fraction of sp³-hybridized carbons (Fsp3) is 0.300. The molecule has 0 radical (unpaired) electrons. The summed E-state index contributed by atoms with van der Waals surface area (Å²) in [5.74, 6) is 0.554. The van der Waals surface area contributed by atoms with Crippen LogP contribution in [0.15, 0.2) is 34.8 Å². The predicted molar refractivity (Wildman–Crippen MR) is 105 cm³/mol. The summed E-state index contributed by atoms with van der Waals surface area (Å²) >= 11 is 3.36. The standard InChI is InChI=1S/C20H22BrNO4/c1-4-15-8-6-7-13(3)19(15)22-18(24)12-26-20-16(21)9-14(11-23)10-17(20)25-5-2/h6-11H,4-5,12H2,1-3H3,(H,22,24). The van der Waals surface area contributed by atoms with Gasteiger partial charge in [0.05, 0.1) is 11.1 Å². The molecule has 0 aromatic heterocycles. The SMILES string of the molecule is CCOc1cc(C=O)cc(Br)c1OCC(=O)Nc1c(C)cccc1CC. The van der Waals surface area contributed by atoms with Crippen molar-refractivity contribution in [2.45, 2.75) is 27.2 Å². The van der Waals surface area contributed by atoms with E-state index in [1.165, 1.54) is 0 Å². The molecule has 6 heteroatoms. The normalized spacial score (nSPS) is 10.3. The number of hydrogen-bond acceptors (Lipinski definition) is 4. The first-order chi connectivity index (χ1) is 12.5. The minimum Gasteiger partial charge on any atom is -0.490 e. The van der Waals surface area contributed by atoms with Gasteiger partial charge in [-0.1, -0.05) is 25.1 Å². The smallest absolute Gasteiger partial charge is 0.262 e. The molecule has 0 spiro atoms. The Morgan fingerprint density at radius 3 is 2.65 bits per heavy atom. The molecule has 0 aliphatic carbocycles. The van der Waals surface area contributed by atoms with E-state index in [0.717, 1.165) is 29.5 Å². The molecule has 2 aromatic carbocycles. The molecule has 0 unspecified atom stereocenters. The first-order valence-electron chi connectivity index (χ1n) is 8.42. The van der Waals surface area contributed by atoms with Crippen molar-refractivity contribution < 1.29 is 19.1 Å². The van der Waals surface area contributed by atoms with Crippen molar-refractivity contribution in [3.05, 3.63) is 51.5 Å². The van der Waals surface area contributed by atoms with Gasteiger partial charge in [-0.15, -0.1) is 0 Å². The molecule has 0 atom stereocenters. The van der Waals surface area contributed by atoms with E-state index in [1.54, 1.807) is 12.1 Å². The molecule has 1 amide bonds. The summed E-state index contributed by atoms with van der Waals surface area (Å²) in [6.07, 6.45) is 1.56. The van der Waals surface area contributed by atoms with Gasteiger partial charge in [0, 0.05) is 11.3 Å². The van der Waals surface area contributed by atoms with Crippen LogP contribution in [0.25, 0.3) is 0 Å². The number of hydrogen-bond donors (Lipinski definition) is 1. The molecule has 0 fully saturated rings. The molecule has 2 aromatic rings. The number of aryl methyl sites for hydroxylation is 2. The second-order valence-corrected chi connectivity index (χ2v) is 6.53. The zero-order valence-electron chi connectivity index (χ0n) is 15.1. The second kappa shape index (κ2) is 9.38. The molecule has 2 rings (SSSR count). The Morgan fingerprint density at radius 2 is 2.00 bits per heavy atom. The topological polar surface area (TPSA) is 64.6 Å². The Bertz CT molecular complexity index is 805. The number of anilines is 1. The maximum absolute atomic E-state index is 12.4. The lowest BCUT2D eigenvalue weighted by molar-refractivity contribution is -0.118. The van der Waals surface area contributed by atoms with Crippen molar-refractivity contribution >= 4 is 33.8 Å². The molecular weight excluding hydrogens is 398 g/mol. The summed E-state index contributed by atoms with van der Waals surface area (Å²) in [4.78, 5) is 23.4. The fourth-order valence-electron chi connectivity index (χ4n) is 2.57. The third kappa shape index (κ3) is 4.85. The number of rotatable bonds is 8. The van der Waals surface area contributed by atoms with E-state index >= 15 is 0 Å². The van der Waals surface area contributed by atoms with E-state index in [9.17, 15) is 9.59 Å². The van der Waals surface area contributed by atoms with Gasteiger partial charge in [0.15, 0.2) is 18.1 Å². The quantitative estimate of drug-likeness (QED) is 0.637. The van der Waals surface area contributed by atoms with Crippen LogP contribution in [0, 0.1) is 6.92 Å². The van der Waals surface area contributed by atoms with E-state index in [1.807, 2.05) is 39.0 Å². The van der Waals surface area contributed by atoms with Crippen LogP contribution < -0.4 is 14.8 Å². The van der Waals surface area contributed by atoms with Gasteiger partial charge in [0.1, 0.15) is 6.29 Å². The first kappa shape index (κ1) is 20.0. The molecule has 0 saturated heterocycles. The summed E-state index contributed by atoms with van der Waals surface area (Å²) in [5, 5.41) is 2.92. The van der Waals surface area contributed by atoms with Gasteiger partial charge < -0.3 is 14.8 Å². The lowest BCUT2D eigenvalue weighted by Crippen LogP contribution is -2.22. The predicted octanol–water partition coefficient (Wildman–Crippen LogP) is 4.55. The highest BCUT2D eigenvalue weighted by Crippen LogP contribution is 2.36. The number of para-hydroxylation sites is 1. The Labute approximate surface area is 161 Å². The molecule has 1 N–H and O–H groups in total. The van der Waals surface area contributed by atoms with Gasteiger partial charge in [-0.25, -0.2) is 0 Å². The summed E-state index contributed by atoms with van der Waals surface area (Å²) in [6.45, 7) is 6.08. The van der Waals surface area contributed by atoms with Crippen molar-refractivity contribution in [3.8, 4) is 11.5 Å². The molecular formula is C20H22BrNO4. The maximum atomic E-state index is 12.4. The van der Waals surface area contributed by atoms with E-state index in [4.69, 9.17) is 9.47 Å². The first-order valence-corrected chi connectivity index (χ1v) is 9.22. The molecule has 0 aliphatic rings. The summed E-state index contributed by atoms with van der Waals surface area (Å²) in [5.41, 5.74) is 3.36. The average molecular weight is 420 g/mol. The highest BCUT2D eigenvalue weighted by molar-refractivity contribution is 9.10. The van der Waals surface area contributed by atoms with Crippen molar-refractivity contribution in [1.29, 1.82) is 0 Å². The number of halogens is 1. The molecule has 138 valence electrons. The van der Waals surface area contributed by atoms with Gasteiger partial charge in [-0.3, -0.25) is 9.59 Å². The third-order valence-electron chi connectivity index (χ3n) is 3.82. The van der Waals surface area contributed by atoms with Crippen LogP contribution in [-0.4, -0.2) is 25.4 Å². The molecule has 0 aliphatic heterocycles. The number of nitrogens with one attached hydrogen (secondary N) is 1. The Morgan fingerprint density at radius 1 is 1.23 bits per heavy atom. The number of aldehydes is 1. The molecule has 0 saturated carbocycles. The summed E-state index contributed by atoms with van der Waals surface area (Å²) in [6, 6.07) is 9.13. The number of amides is 1. The van der Waals surface area contributed by atoms with Crippen LogP contribution in [0.1, 0.15) is 35.3 Å². The van der Waals surface area contributed by atoms with Gasteiger partial charge in [-0.05, 0) is 59.5 Å². The average Bonchev–Trinajstić information content (AvgIpc) is 2.62. The number of carbonyl (C=O) groups is 2. The number of carbonyl (C=O) groups excluding carboxylic acids is 2. The van der Waals surface area contributed by atoms with Crippen LogP contribution in [0.2, 0.25) is 0 Å². The largest absolute Gasteiger partial charge is 0.490 e. The zero-order valence-corrected chi connectivity index (χ0v) is 16.7. The number of ether oxygens (including phenoxy) is 2. The van der Waals surface area contributed by atoms with Gasteiger partial charge in [0.2, 0.25) is 0 Å². The minimum absolute atomic E-state index is 0.170. The molecule has 26 heavy (non-hydrogen) atoms. The molecule has 0 heterocycles. The van der Waals surface area contributed by atoms with Crippen LogP contribution in [0.4, 0.5) is 5.69 Å². The van der Waals surface area contributed by atoms with Crippen molar-refractivity contribution in [2.24, 2.45) is 0 Å².